The smallest absolute Gasteiger partial charge is 0.428 e. The Balaban J connectivity index is 1.79. The van der Waals surface area contributed by atoms with E-state index in [0.717, 1.165) is 0 Å². The van der Waals surface area contributed by atoms with Crippen molar-refractivity contribution in [3.63, 3.8) is 0 Å². The van der Waals surface area contributed by atoms with Crippen molar-refractivity contribution in [3.8, 4) is 22.7 Å². The van der Waals surface area contributed by atoms with Crippen molar-refractivity contribution >= 4 is 6.16 Å². The Bertz CT molecular complexity index is 953. The number of aromatic amines is 1. The normalized spacial score (nSPS) is 11.2. The van der Waals surface area contributed by atoms with Gasteiger partial charge in [-0.3, -0.25) is 14.9 Å². The number of ether oxygens (including phenoxy) is 2. The van der Waals surface area contributed by atoms with Gasteiger partial charge in [0.2, 0.25) is 0 Å². The Morgan fingerprint density at radius 1 is 1.19 bits per heavy atom. The minimum atomic E-state index is -0.817. The van der Waals surface area contributed by atoms with Crippen LogP contribution in [-0.4, -0.2) is 31.5 Å². The average Bonchev–Trinajstić information content (AvgIpc) is 2.96. The van der Waals surface area contributed by atoms with E-state index in [1.54, 1.807) is 57.6 Å². The molecule has 0 bridgehead atoms. The molecule has 0 unspecified atom stereocenters. The van der Waals surface area contributed by atoms with Crippen LogP contribution >= 0.6 is 0 Å². The Morgan fingerprint density at radius 2 is 2.00 bits per heavy atom. The zero-order valence-electron chi connectivity index (χ0n) is 14.6. The fourth-order valence-corrected chi connectivity index (χ4v) is 2.20. The van der Waals surface area contributed by atoms with Gasteiger partial charge in [0.25, 0.3) is 5.56 Å². The lowest BCUT2D eigenvalue weighted by Gasteiger charge is -2.18. The number of pyridine rings is 2. The summed E-state index contributed by atoms with van der Waals surface area (Å²) in [7, 11) is 0. The maximum absolute atomic E-state index is 12.5. The van der Waals surface area contributed by atoms with E-state index < -0.39 is 11.8 Å². The van der Waals surface area contributed by atoms with Crippen molar-refractivity contribution < 1.29 is 14.3 Å². The fraction of sp³-hybridized carbons (Fsp3) is 0.222. The summed E-state index contributed by atoms with van der Waals surface area (Å²) >= 11 is 0. The Hall–Kier alpha value is -3.42. The van der Waals surface area contributed by atoms with Gasteiger partial charge in [-0.25, -0.2) is 14.5 Å². The van der Waals surface area contributed by atoms with Gasteiger partial charge in [0.05, 0.1) is 11.8 Å². The quantitative estimate of drug-likeness (QED) is 0.726. The number of rotatable bonds is 3. The molecular weight excluding hydrogens is 336 g/mol. The summed E-state index contributed by atoms with van der Waals surface area (Å²) in [6, 6.07) is 6.65. The molecule has 0 spiro atoms. The number of hydrogen-bond acceptors (Lipinski definition) is 6. The fourth-order valence-electron chi connectivity index (χ4n) is 2.20. The number of carbonyl (C=O) groups is 1. The first kappa shape index (κ1) is 17.4. The van der Waals surface area contributed by atoms with E-state index in [0.29, 0.717) is 16.9 Å². The summed E-state index contributed by atoms with van der Waals surface area (Å²) in [5.74, 6) is 0.580. The van der Waals surface area contributed by atoms with Gasteiger partial charge in [-0.05, 0) is 39.0 Å². The number of nitrogens with one attached hydrogen (secondary N) is 1. The molecule has 0 saturated heterocycles. The number of carbonyl (C=O) groups excluding carboxylic acids is 1. The SMILES string of the molecule is CC(C)(C)OC(=O)Oc1ccc(-n2[nH]cc(-c3cccnc3)c2=O)nc1. The largest absolute Gasteiger partial charge is 0.514 e. The molecule has 0 amide bonds. The minimum Gasteiger partial charge on any atom is -0.428 e. The van der Waals surface area contributed by atoms with E-state index in [1.807, 2.05) is 0 Å². The summed E-state index contributed by atoms with van der Waals surface area (Å²) in [6.07, 6.45) is 5.37. The van der Waals surface area contributed by atoms with Crippen LogP contribution in [0.25, 0.3) is 16.9 Å². The topological polar surface area (TPSA) is 99.1 Å². The van der Waals surface area contributed by atoms with Crippen molar-refractivity contribution in [2.75, 3.05) is 0 Å². The zero-order chi connectivity index (χ0) is 18.7. The lowest BCUT2D eigenvalue weighted by molar-refractivity contribution is 0.0205. The van der Waals surface area contributed by atoms with E-state index in [1.165, 1.54) is 16.9 Å². The molecule has 1 N–H and O–H groups in total. The van der Waals surface area contributed by atoms with Gasteiger partial charge in [0, 0.05) is 24.2 Å². The Morgan fingerprint density at radius 3 is 2.62 bits per heavy atom. The predicted octanol–water partition coefficient (Wildman–Crippen LogP) is 2.94. The second kappa shape index (κ2) is 6.83. The highest BCUT2D eigenvalue weighted by molar-refractivity contribution is 5.64. The third kappa shape index (κ3) is 3.97. The van der Waals surface area contributed by atoms with Crippen LogP contribution in [0.1, 0.15) is 20.8 Å². The number of aromatic nitrogens is 4. The molecule has 0 aromatic carbocycles. The molecule has 0 aliphatic rings. The molecule has 3 aromatic heterocycles. The molecule has 3 aromatic rings. The van der Waals surface area contributed by atoms with Crippen LogP contribution in [0.3, 0.4) is 0 Å². The number of H-pyrrole nitrogens is 1. The van der Waals surface area contributed by atoms with Crippen LogP contribution in [0, 0.1) is 0 Å². The molecule has 3 heterocycles. The van der Waals surface area contributed by atoms with Crippen LogP contribution in [0.2, 0.25) is 0 Å². The molecular formula is C18H18N4O4. The van der Waals surface area contributed by atoms with E-state index in [2.05, 4.69) is 15.1 Å². The molecule has 134 valence electrons. The molecule has 0 aliphatic heterocycles. The molecule has 0 aliphatic carbocycles. The third-order valence-corrected chi connectivity index (χ3v) is 3.28. The standard InChI is InChI=1S/C18H18N4O4/c1-18(2,3)26-17(24)25-13-6-7-15(20-10-13)22-16(23)14(11-21-22)12-5-4-8-19-9-12/h4-11,21H,1-3H3. The Labute approximate surface area is 149 Å². The monoisotopic (exact) mass is 354 g/mol. The first-order valence-corrected chi connectivity index (χ1v) is 7.91. The lowest BCUT2D eigenvalue weighted by atomic mass is 10.2. The van der Waals surface area contributed by atoms with Gasteiger partial charge in [-0.15, -0.1) is 0 Å². The molecule has 26 heavy (non-hydrogen) atoms. The number of hydrogen-bond donors (Lipinski definition) is 1. The lowest BCUT2D eigenvalue weighted by Crippen LogP contribution is -2.26. The van der Waals surface area contributed by atoms with Gasteiger partial charge in [0.1, 0.15) is 5.60 Å². The van der Waals surface area contributed by atoms with E-state index >= 15 is 0 Å². The summed E-state index contributed by atoms with van der Waals surface area (Å²) in [4.78, 5) is 32.4. The van der Waals surface area contributed by atoms with Crippen molar-refractivity contribution in [2.45, 2.75) is 26.4 Å². The highest BCUT2D eigenvalue weighted by Crippen LogP contribution is 2.16. The summed E-state index contributed by atoms with van der Waals surface area (Å²) in [5, 5.41) is 2.86. The first-order valence-electron chi connectivity index (χ1n) is 7.91. The molecule has 0 radical (unpaired) electrons. The summed E-state index contributed by atoms with van der Waals surface area (Å²) in [5.41, 5.74) is 0.280. The minimum absolute atomic E-state index is 0.218. The van der Waals surface area contributed by atoms with Gasteiger partial charge in [0.15, 0.2) is 11.6 Å². The van der Waals surface area contributed by atoms with E-state index in [-0.39, 0.29) is 11.3 Å². The Kier molecular flexibility index (Phi) is 4.57. The maximum atomic E-state index is 12.5. The van der Waals surface area contributed by atoms with Crippen LogP contribution in [-0.2, 0) is 4.74 Å². The van der Waals surface area contributed by atoms with Crippen molar-refractivity contribution in [2.24, 2.45) is 0 Å². The van der Waals surface area contributed by atoms with E-state index in [4.69, 9.17) is 9.47 Å². The van der Waals surface area contributed by atoms with Gasteiger partial charge in [-0.2, -0.15) is 0 Å². The second-order valence-corrected chi connectivity index (χ2v) is 6.49. The van der Waals surface area contributed by atoms with Crippen LogP contribution < -0.4 is 10.3 Å². The van der Waals surface area contributed by atoms with Gasteiger partial charge >= 0.3 is 6.16 Å². The van der Waals surface area contributed by atoms with Crippen molar-refractivity contribution in [3.05, 3.63) is 59.4 Å². The van der Waals surface area contributed by atoms with Crippen molar-refractivity contribution in [1.29, 1.82) is 0 Å². The van der Waals surface area contributed by atoms with Crippen LogP contribution in [0.4, 0.5) is 4.79 Å². The second-order valence-electron chi connectivity index (χ2n) is 6.49. The molecule has 8 nitrogen and oxygen atoms in total. The molecule has 0 atom stereocenters. The summed E-state index contributed by atoms with van der Waals surface area (Å²) < 4.78 is 11.4. The molecule has 3 rings (SSSR count). The molecule has 0 saturated carbocycles. The first-order chi connectivity index (χ1) is 12.3. The zero-order valence-corrected chi connectivity index (χ0v) is 14.6. The highest BCUT2D eigenvalue weighted by atomic mass is 16.7. The van der Waals surface area contributed by atoms with Gasteiger partial charge < -0.3 is 9.47 Å². The van der Waals surface area contributed by atoms with Gasteiger partial charge in [-0.1, -0.05) is 6.07 Å². The summed E-state index contributed by atoms with van der Waals surface area (Å²) in [6.45, 7) is 5.23. The number of nitrogens with zero attached hydrogens (tertiary/aromatic N) is 3. The molecule has 8 heteroatoms. The molecule has 0 fully saturated rings. The highest BCUT2D eigenvalue weighted by Gasteiger charge is 2.18. The van der Waals surface area contributed by atoms with E-state index in [9.17, 15) is 9.59 Å². The van der Waals surface area contributed by atoms with Crippen molar-refractivity contribution in [1.82, 2.24) is 19.7 Å². The van der Waals surface area contributed by atoms with Crippen LogP contribution in [0.5, 0.6) is 5.75 Å². The average molecular weight is 354 g/mol. The predicted molar refractivity (Wildman–Crippen MR) is 94.3 cm³/mol. The third-order valence-electron chi connectivity index (χ3n) is 3.28. The van der Waals surface area contributed by atoms with Crippen LogP contribution in [0.15, 0.2) is 53.8 Å². The maximum Gasteiger partial charge on any atom is 0.514 e.